The Morgan fingerprint density at radius 2 is 1.89 bits per heavy atom. The number of hydrogen-bond donors (Lipinski definition) is 1. The second-order valence-corrected chi connectivity index (χ2v) is 6.44. The molecule has 140 valence electrons. The van der Waals surface area contributed by atoms with Gasteiger partial charge in [-0.1, -0.05) is 25.1 Å². The zero-order valence-corrected chi connectivity index (χ0v) is 14.8. The molecule has 0 aliphatic heterocycles. The SMILES string of the molecule is CCCn1cc(C(CC(=O)c2ccc(F)cc2F)C(=O)O)c2ccccc21. The number of rotatable bonds is 7. The maximum atomic E-state index is 13.9. The van der Waals surface area contributed by atoms with E-state index in [1.807, 2.05) is 35.8 Å². The third-order valence-electron chi connectivity index (χ3n) is 4.58. The second-order valence-electron chi connectivity index (χ2n) is 6.44. The first-order valence-electron chi connectivity index (χ1n) is 8.71. The van der Waals surface area contributed by atoms with Crippen LogP contribution >= 0.6 is 0 Å². The third kappa shape index (κ3) is 3.74. The molecule has 1 N–H and O–H groups in total. The smallest absolute Gasteiger partial charge is 0.311 e. The number of fused-ring (bicyclic) bond motifs is 1. The number of aliphatic carboxylic acids is 1. The molecule has 0 aliphatic rings. The van der Waals surface area contributed by atoms with E-state index in [0.29, 0.717) is 18.2 Å². The van der Waals surface area contributed by atoms with Crippen LogP contribution in [-0.4, -0.2) is 21.4 Å². The van der Waals surface area contributed by atoms with Gasteiger partial charge >= 0.3 is 5.97 Å². The highest BCUT2D eigenvalue weighted by Crippen LogP contribution is 2.31. The minimum absolute atomic E-state index is 0.306. The fourth-order valence-electron chi connectivity index (χ4n) is 3.32. The number of carbonyl (C=O) groups excluding carboxylic acids is 1. The van der Waals surface area contributed by atoms with Gasteiger partial charge in [0.25, 0.3) is 0 Å². The van der Waals surface area contributed by atoms with Crippen molar-refractivity contribution in [2.45, 2.75) is 32.2 Å². The highest BCUT2D eigenvalue weighted by atomic mass is 19.1. The van der Waals surface area contributed by atoms with Crippen LogP contribution in [0.15, 0.2) is 48.7 Å². The molecule has 0 aliphatic carbocycles. The Morgan fingerprint density at radius 1 is 1.15 bits per heavy atom. The summed E-state index contributed by atoms with van der Waals surface area (Å²) in [7, 11) is 0. The molecule has 0 radical (unpaired) electrons. The second kappa shape index (κ2) is 7.70. The molecular weight excluding hydrogens is 352 g/mol. The van der Waals surface area contributed by atoms with E-state index in [4.69, 9.17) is 0 Å². The van der Waals surface area contributed by atoms with E-state index in [1.165, 1.54) is 0 Å². The van der Waals surface area contributed by atoms with Gasteiger partial charge in [0.15, 0.2) is 5.78 Å². The van der Waals surface area contributed by atoms with Crippen molar-refractivity contribution in [2.75, 3.05) is 0 Å². The third-order valence-corrected chi connectivity index (χ3v) is 4.58. The average molecular weight is 371 g/mol. The quantitative estimate of drug-likeness (QED) is 0.609. The summed E-state index contributed by atoms with van der Waals surface area (Å²) in [6, 6.07) is 10.0. The minimum Gasteiger partial charge on any atom is -0.481 e. The number of ketones is 1. The molecule has 4 nitrogen and oxygen atoms in total. The number of benzene rings is 2. The molecule has 1 aromatic heterocycles. The molecule has 0 bridgehead atoms. The van der Waals surface area contributed by atoms with Crippen LogP contribution in [0.1, 0.15) is 41.6 Å². The normalized spacial score (nSPS) is 12.3. The predicted molar refractivity (Wildman–Crippen MR) is 97.9 cm³/mol. The summed E-state index contributed by atoms with van der Waals surface area (Å²) < 4.78 is 28.9. The van der Waals surface area contributed by atoms with E-state index in [-0.39, 0.29) is 5.56 Å². The zero-order chi connectivity index (χ0) is 19.6. The number of carbonyl (C=O) groups is 2. The van der Waals surface area contributed by atoms with Crippen LogP contribution in [0.5, 0.6) is 0 Å². The Balaban J connectivity index is 2.00. The Hall–Kier alpha value is -3.02. The molecule has 2 aromatic carbocycles. The molecule has 0 amide bonds. The largest absolute Gasteiger partial charge is 0.481 e. The van der Waals surface area contributed by atoms with E-state index in [0.717, 1.165) is 29.5 Å². The Labute approximate surface area is 155 Å². The van der Waals surface area contributed by atoms with Crippen LogP contribution in [0.25, 0.3) is 10.9 Å². The van der Waals surface area contributed by atoms with Crippen LogP contribution in [0.4, 0.5) is 8.78 Å². The van der Waals surface area contributed by atoms with Gasteiger partial charge in [-0.2, -0.15) is 0 Å². The van der Waals surface area contributed by atoms with Gasteiger partial charge in [0.05, 0.1) is 11.5 Å². The Morgan fingerprint density at radius 3 is 2.56 bits per heavy atom. The molecule has 0 saturated carbocycles. The van der Waals surface area contributed by atoms with Crippen LogP contribution in [0, 0.1) is 11.6 Å². The number of nitrogens with zero attached hydrogens (tertiary/aromatic N) is 1. The molecule has 27 heavy (non-hydrogen) atoms. The van der Waals surface area contributed by atoms with Gasteiger partial charge < -0.3 is 9.67 Å². The van der Waals surface area contributed by atoms with Crippen molar-refractivity contribution in [3.63, 3.8) is 0 Å². The average Bonchev–Trinajstić information content (AvgIpc) is 2.98. The van der Waals surface area contributed by atoms with Crippen molar-refractivity contribution >= 4 is 22.7 Å². The van der Waals surface area contributed by atoms with E-state index >= 15 is 0 Å². The van der Waals surface area contributed by atoms with Gasteiger partial charge in [-0.05, 0) is 30.2 Å². The van der Waals surface area contributed by atoms with Crippen LogP contribution in [0.3, 0.4) is 0 Å². The fourth-order valence-corrected chi connectivity index (χ4v) is 3.32. The zero-order valence-electron chi connectivity index (χ0n) is 14.8. The van der Waals surface area contributed by atoms with Crippen LogP contribution < -0.4 is 0 Å². The van der Waals surface area contributed by atoms with E-state index in [1.54, 1.807) is 6.20 Å². The summed E-state index contributed by atoms with van der Waals surface area (Å²) in [6.07, 6.45) is 2.22. The number of carboxylic acid groups (broad SMARTS) is 1. The highest BCUT2D eigenvalue weighted by molar-refractivity contribution is 6.00. The molecule has 1 atom stereocenters. The summed E-state index contributed by atoms with van der Waals surface area (Å²) in [5.41, 5.74) is 1.10. The number of halogens is 2. The van der Waals surface area contributed by atoms with Crippen LogP contribution in [0.2, 0.25) is 0 Å². The summed E-state index contributed by atoms with van der Waals surface area (Å²) in [5, 5.41) is 10.5. The lowest BCUT2D eigenvalue weighted by Gasteiger charge is -2.11. The topological polar surface area (TPSA) is 59.3 Å². The molecule has 1 unspecified atom stereocenters. The van der Waals surface area contributed by atoms with Gasteiger partial charge in [0, 0.05) is 36.1 Å². The summed E-state index contributed by atoms with van der Waals surface area (Å²) >= 11 is 0. The van der Waals surface area contributed by atoms with Crippen LogP contribution in [-0.2, 0) is 11.3 Å². The highest BCUT2D eigenvalue weighted by Gasteiger charge is 2.28. The maximum Gasteiger partial charge on any atom is 0.311 e. The molecule has 0 fully saturated rings. The fraction of sp³-hybridized carbons (Fsp3) is 0.238. The first-order chi connectivity index (χ1) is 12.9. The van der Waals surface area contributed by atoms with Crippen molar-refractivity contribution in [1.29, 1.82) is 0 Å². The van der Waals surface area contributed by atoms with E-state index < -0.39 is 35.7 Å². The van der Waals surface area contributed by atoms with Crippen molar-refractivity contribution in [2.24, 2.45) is 0 Å². The van der Waals surface area contributed by atoms with Gasteiger partial charge in [-0.3, -0.25) is 9.59 Å². The van der Waals surface area contributed by atoms with E-state index in [9.17, 15) is 23.5 Å². The lowest BCUT2D eigenvalue weighted by Crippen LogP contribution is -2.17. The number of carboxylic acids is 1. The molecule has 6 heteroatoms. The Kier molecular flexibility index (Phi) is 5.35. The molecule has 0 spiro atoms. The van der Waals surface area contributed by atoms with Crippen molar-refractivity contribution in [1.82, 2.24) is 4.57 Å². The first kappa shape index (κ1) is 18.8. The summed E-state index contributed by atoms with van der Waals surface area (Å²) in [5.74, 6) is -4.73. The van der Waals surface area contributed by atoms with Gasteiger partial charge in [-0.25, -0.2) is 8.78 Å². The minimum atomic E-state index is -1.16. The number of aromatic nitrogens is 1. The summed E-state index contributed by atoms with van der Waals surface area (Å²) in [4.78, 5) is 24.4. The molecule has 1 heterocycles. The maximum absolute atomic E-state index is 13.9. The summed E-state index contributed by atoms with van der Waals surface area (Å²) in [6.45, 7) is 2.73. The number of aryl methyl sites for hydroxylation is 1. The molecule has 3 rings (SSSR count). The molecule has 3 aromatic rings. The van der Waals surface area contributed by atoms with Gasteiger partial charge in [0.1, 0.15) is 11.6 Å². The molecule has 0 saturated heterocycles. The standard InChI is InChI=1S/C21H19F2NO3/c1-2-9-24-12-17(14-5-3-4-6-19(14)24)16(21(26)27)11-20(25)15-8-7-13(22)10-18(15)23/h3-8,10,12,16H,2,9,11H2,1H3,(H,26,27). The van der Waals surface area contributed by atoms with Crippen molar-refractivity contribution in [3.05, 3.63) is 71.4 Å². The lowest BCUT2D eigenvalue weighted by molar-refractivity contribution is -0.138. The molecular formula is C21H19F2NO3. The lowest BCUT2D eigenvalue weighted by atomic mass is 9.91. The van der Waals surface area contributed by atoms with Gasteiger partial charge in [0.2, 0.25) is 0 Å². The Bertz CT molecular complexity index is 1010. The van der Waals surface area contributed by atoms with Crippen molar-refractivity contribution in [3.8, 4) is 0 Å². The first-order valence-corrected chi connectivity index (χ1v) is 8.71. The van der Waals surface area contributed by atoms with Crippen molar-refractivity contribution < 1.29 is 23.5 Å². The predicted octanol–water partition coefficient (Wildman–Crippen LogP) is 4.77. The van der Waals surface area contributed by atoms with Gasteiger partial charge in [-0.15, -0.1) is 0 Å². The number of para-hydroxylation sites is 1. The number of Topliss-reactive ketones (excluding diaryl/α,β-unsaturated/α-hetero) is 1. The number of hydrogen-bond acceptors (Lipinski definition) is 2. The monoisotopic (exact) mass is 371 g/mol. The van der Waals surface area contributed by atoms with E-state index in [2.05, 4.69) is 0 Å².